The fourth-order valence-corrected chi connectivity index (χ4v) is 2.84. The Bertz CT molecular complexity index is 1040. The topological polar surface area (TPSA) is 79.8 Å². The minimum atomic E-state index is -4.56. The largest absolute Gasteiger partial charge is 0.417 e. The summed E-state index contributed by atoms with van der Waals surface area (Å²) in [5.74, 6) is -0.0259. The van der Waals surface area contributed by atoms with Gasteiger partial charge >= 0.3 is 12.2 Å². The summed E-state index contributed by atoms with van der Waals surface area (Å²) in [6.45, 7) is 3.83. The van der Waals surface area contributed by atoms with E-state index >= 15 is 0 Å². The van der Waals surface area contributed by atoms with Gasteiger partial charge in [0.05, 0.1) is 40.4 Å². The molecule has 2 N–H and O–H groups in total. The Labute approximate surface area is 163 Å². The van der Waals surface area contributed by atoms with E-state index in [0.29, 0.717) is 28.5 Å². The van der Waals surface area contributed by atoms with Crippen LogP contribution in [0.3, 0.4) is 0 Å². The number of alkyl halides is 3. The highest BCUT2D eigenvalue weighted by molar-refractivity contribution is 6.29. The summed E-state index contributed by atoms with van der Waals surface area (Å²) in [7, 11) is 0. The predicted octanol–water partition coefficient (Wildman–Crippen LogP) is 5.46. The molecule has 146 valence electrons. The molecule has 0 saturated heterocycles. The number of anilines is 2. The van der Waals surface area contributed by atoms with E-state index in [4.69, 9.17) is 11.6 Å². The normalized spacial score (nSPS) is 11.7. The molecule has 0 atom stereocenters. The smallest absolute Gasteiger partial charge is 0.306 e. The number of aromatic nitrogens is 3. The standard InChI is InChI=1S/C18H15ClF3N5O/c1-9(2)15-13(8-24-12-3-4-14(19)27-16(12)15)26-17(28)25-11-5-10(6-23-7-11)18(20,21)22/h3-9H,1-2H3,(H2,25,26,28). The molecule has 3 aromatic rings. The lowest BCUT2D eigenvalue weighted by Gasteiger charge is -2.16. The van der Waals surface area contributed by atoms with Crippen LogP contribution >= 0.6 is 11.6 Å². The molecule has 3 aromatic heterocycles. The number of urea groups is 1. The lowest BCUT2D eigenvalue weighted by Crippen LogP contribution is -2.21. The molecule has 3 heterocycles. The van der Waals surface area contributed by atoms with Crippen molar-refractivity contribution in [2.75, 3.05) is 10.6 Å². The first-order chi connectivity index (χ1) is 13.1. The predicted molar refractivity (Wildman–Crippen MR) is 101 cm³/mol. The highest BCUT2D eigenvalue weighted by atomic mass is 35.5. The summed E-state index contributed by atoms with van der Waals surface area (Å²) in [5.41, 5.74) is 1.20. The summed E-state index contributed by atoms with van der Waals surface area (Å²) < 4.78 is 38.3. The molecule has 0 fully saturated rings. The van der Waals surface area contributed by atoms with Crippen LogP contribution in [0.15, 0.2) is 36.8 Å². The van der Waals surface area contributed by atoms with E-state index in [2.05, 4.69) is 25.6 Å². The van der Waals surface area contributed by atoms with Gasteiger partial charge < -0.3 is 10.6 Å². The Morgan fingerprint density at radius 2 is 1.89 bits per heavy atom. The van der Waals surface area contributed by atoms with Crippen LogP contribution < -0.4 is 10.6 Å². The van der Waals surface area contributed by atoms with Gasteiger partial charge in [0.25, 0.3) is 0 Å². The molecule has 10 heteroatoms. The summed E-state index contributed by atoms with van der Waals surface area (Å²) >= 11 is 5.97. The van der Waals surface area contributed by atoms with Gasteiger partial charge in [-0.2, -0.15) is 13.2 Å². The lowest BCUT2D eigenvalue weighted by molar-refractivity contribution is -0.137. The van der Waals surface area contributed by atoms with Crippen molar-refractivity contribution >= 4 is 40.0 Å². The molecule has 0 aliphatic heterocycles. The average molecular weight is 410 g/mol. The van der Waals surface area contributed by atoms with Crippen LogP contribution in [0, 0.1) is 0 Å². The van der Waals surface area contributed by atoms with E-state index in [0.717, 1.165) is 12.3 Å². The number of hydrogen-bond acceptors (Lipinski definition) is 4. The van der Waals surface area contributed by atoms with Gasteiger partial charge in [-0.25, -0.2) is 9.78 Å². The highest BCUT2D eigenvalue weighted by Crippen LogP contribution is 2.32. The van der Waals surface area contributed by atoms with Gasteiger partial charge in [0, 0.05) is 11.8 Å². The van der Waals surface area contributed by atoms with Crippen molar-refractivity contribution in [3.8, 4) is 0 Å². The molecule has 28 heavy (non-hydrogen) atoms. The Morgan fingerprint density at radius 3 is 2.57 bits per heavy atom. The number of nitrogens with one attached hydrogen (secondary N) is 2. The molecule has 0 saturated carbocycles. The number of amides is 2. The van der Waals surface area contributed by atoms with Crippen molar-refractivity contribution in [1.82, 2.24) is 15.0 Å². The molecule has 0 spiro atoms. The van der Waals surface area contributed by atoms with Crippen molar-refractivity contribution in [3.05, 3.63) is 53.1 Å². The number of nitrogens with zero attached hydrogens (tertiary/aromatic N) is 3. The zero-order chi connectivity index (χ0) is 20.5. The average Bonchev–Trinajstić information content (AvgIpc) is 2.60. The maximum atomic E-state index is 12.8. The van der Waals surface area contributed by atoms with Gasteiger partial charge in [-0.05, 0) is 24.1 Å². The molecule has 0 radical (unpaired) electrons. The van der Waals surface area contributed by atoms with Crippen LogP contribution in [0.2, 0.25) is 5.15 Å². The fraction of sp³-hybridized carbons (Fsp3) is 0.222. The minimum Gasteiger partial charge on any atom is -0.306 e. The van der Waals surface area contributed by atoms with Crippen LogP contribution in [0.4, 0.5) is 29.3 Å². The Balaban J connectivity index is 1.88. The molecule has 0 aromatic carbocycles. The Morgan fingerprint density at radius 1 is 1.14 bits per heavy atom. The number of halogens is 4. The molecule has 0 aliphatic carbocycles. The number of carbonyl (C=O) groups is 1. The lowest BCUT2D eigenvalue weighted by atomic mass is 10.0. The van der Waals surface area contributed by atoms with E-state index in [1.165, 1.54) is 6.20 Å². The zero-order valence-electron chi connectivity index (χ0n) is 14.8. The second-order valence-corrected chi connectivity index (χ2v) is 6.67. The molecular formula is C18H15ClF3N5O. The van der Waals surface area contributed by atoms with Crippen LogP contribution in [0.1, 0.15) is 30.9 Å². The third-order valence-corrected chi connectivity index (χ3v) is 4.08. The van der Waals surface area contributed by atoms with Crippen molar-refractivity contribution < 1.29 is 18.0 Å². The van der Waals surface area contributed by atoms with Crippen molar-refractivity contribution in [3.63, 3.8) is 0 Å². The first kappa shape index (κ1) is 19.8. The summed E-state index contributed by atoms with van der Waals surface area (Å²) in [4.78, 5) is 24.4. The van der Waals surface area contributed by atoms with Gasteiger partial charge in [0.15, 0.2) is 0 Å². The SMILES string of the molecule is CC(C)c1c(NC(=O)Nc2cncc(C(F)(F)F)c2)cnc2ccc(Cl)nc12. The van der Waals surface area contributed by atoms with Gasteiger partial charge in [0.2, 0.25) is 0 Å². The van der Waals surface area contributed by atoms with Crippen LogP contribution in [0.25, 0.3) is 11.0 Å². The number of rotatable bonds is 3. The highest BCUT2D eigenvalue weighted by Gasteiger charge is 2.31. The third kappa shape index (κ3) is 4.30. The molecule has 2 amide bonds. The van der Waals surface area contributed by atoms with Crippen molar-refractivity contribution in [1.29, 1.82) is 0 Å². The van der Waals surface area contributed by atoms with E-state index in [-0.39, 0.29) is 16.8 Å². The number of carbonyl (C=O) groups excluding carboxylic acids is 1. The maximum absolute atomic E-state index is 12.8. The van der Waals surface area contributed by atoms with E-state index in [1.54, 1.807) is 12.1 Å². The quantitative estimate of drug-likeness (QED) is 0.562. The second kappa shape index (κ2) is 7.59. The van der Waals surface area contributed by atoms with Crippen LogP contribution in [-0.2, 0) is 6.18 Å². The van der Waals surface area contributed by atoms with E-state index in [1.807, 2.05) is 13.8 Å². The van der Waals surface area contributed by atoms with Gasteiger partial charge in [-0.3, -0.25) is 9.97 Å². The number of pyridine rings is 3. The van der Waals surface area contributed by atoms with Crippen LogP contribution in [-0.4, -0.2) is 21.0 Å². The van der Waals surface area contributed by atoms with E-state index in [9.17, 15) is 18.0 Å². The molecule has 3 rings (SSSR count). The van der Waals surface area contributed by atoms with Crippen molar-refractivity contribution in [2.45, 2.75) is 25.9 Å². The van der Waals surface area contributed by atoms with Crippen LogP contribution in [0.5, 0.6) is 0 Å². The molecule has 0 aliphatic rings. The molecular weight excluding hydrogens is 395 g/mol. The minimum absolute atomic E-state index is 0.0259. The van der Waals surface area contributed by atoms with Gasteiger partial charge in [-0.15, -0.1) is 0 Å². The summed E-state index contributed by atoms with van der Waals surface area (Å²) in [6, 6.07) is 3.40. The molecule has 6 nitrogen and oxygen atoms in total. The first-order valence-corrected chi connectivity index (χ1v) is 8.58. The Hall–Kier alpha value is -2.94. The third-order valence-electron chi connectivity index (χ3n) is 3.87. The monoisotopic (exact) mass is 409 g/mol. The van der Waals surface area contributed by atoms with Gasteiger partial charge in [0.1, 0.15) is 5.15 Å². The molecule has 0 bridgehead atoms. The van der Waals surface area contributed by atoms with Crippen molar-refractivity contribution in [2.24, 2.45) is 0 Å². The van der Waals surface area contributed by atoms with E-state index < -0.39 is 17.8 Å². The second-order valence-electron chi connectivity index (χ2n) is 6.28. The fourth-order valence-electron chi connectivity index (χ4n) is 2.69. The Kier molecular flexibility index (Phi) is 5.37. The number of hydrogen-bond donors (Lipinski definition) is 2. The zero-order valence-corrected chi connectivity index (χ0v) is 15.6. The first-order valence-electron chi connectivity index (χ1n) is 8.20. The maximum Gasteiger partial charge on any atom is 0.417 e. The summed E-state index contributed by atoms with van der Waals surface area (Å²) in [5, 5.41) is 5.23. The van der Waals surface area contributed by atoms with Gasteiger partial charge in [-0.1, -0.05) is 25.4 Å². The molecule has 0 unspecified atom stereocenters. The summed E-state index contributed by atoms with van der Waals surface area (Å²) in [6.07, 6.45) is -1.28. The number of fused-ring (bicyclic) bond motifs is 1.